The smallest absolute Gasteiger partial charge is 0.232 e. The van der Waals surface area contributed by atoms with E-state index in [1.807, 2.05) is 48.7 Å². The maximum Gasteiger partial charge on any atom is 0.232 e. The van der Waals surface area contributed by atoms with E-state index >= 15 is 0 Å². The molecule has 106 valence electrons. The fourth-order valence-corrected chi connectivity index (χ4v) is 3.53. The number of aryl methyl sites for hydroxylation is 1. The molecular weight excluding hydrogens is 290 g/mol. The van der Waals surface area contributed by atoms with Gasteiger partial charge in [0.05, 0.1) is 6.54 Å². The summed E-state index contributed by atoms with van der Waals surface area (Å²) in [5.41, 5.74) is 2.15. The number of carbonyl (C=O) groups excluding carboxylic acids is 1. The van der Waals surface area contributed by atoms with Gasteiger partial charge in [0.1, 0.15) is 5.75 Å². The van der Waals surface area contributed by atoms with Crippen LogP contribution in [0.1, 0.15) is 16.0 Å². The van der Waals surface area contributed by atoms with Gasteiger partial charge >= 0.3 is 0 Å². The molecule has 1 N–H and O–H groups in total. The van der Waals surface area contributed by atoms with Crippen LogP contribution in [0.5, 0.6) is 0 Å². The predicted octanol–water partition coefficient (Wildman–Crippen LogP) is 2.62. The summed E-state index contributed by atoms with van der Waals surface area (Å²) in [6.45, 7) is 2.51. The van der Waals surface area contributed by atoms with Gasteiger partial charge in [-0.05, 0) is 23.9 Å². The van der Waals surface area contributed by atoms with Gasteiger partial charge < -0.3 is 5.32 Å². The van der Waals surface area contributed by atoms with E-state index in [0.29, 0.717) is 12.3 Å². The van der Waals surface area contributed by atoms with E-state index < -0.39 is 10.8 Å². The molecule has 5 heteroatoms. The third-order valence-corrected chi connectivity index (χ3v) is 4.86. The molecule has 20 heavy (non-hydrogen) atoms. The van der Waals surface area contributed by atoms with Crippen molar-refractivity contribution in [2.75, 3.05) is 5.75 Å². The molecule has 0 aliphatic carbocycles. The Kier molecular flexibility index (Phi) is 5.49. The SMILES string of the molecule is Cc1cccc(CS(=O)CC(=O)NCc2cccs2)c1. The summed E-state index contributed by atoms with van der Waals surface area (Å²) in [4.78, 5) is 12.8. The highest BCUT2D eigenvalue weighted by Gasteiger charge is 2.09. The van der Waals surface area contributed by atoms with Crippen LogP contribution in [0.4, 0.5) is 0 Å². The summed E-state index contributed by atoms with van der Waals surface area (Å²) in [5, 5.41) is 4.76. The second-order valence-corrected chi connectivity index (χ2v) is 7.06. The standard InChI is InChI=1S/C15H17NO2S2/c1-12-4-2-5-13(8-12)10-20(18)11-15(17)16-9-14-6-3-7-19-14/h2-8H,9-11H2,1H3,(H,16,17). The zero-order valence-electron chi connectivity index (χ0n) is 11.3. The summed E-state index contributed by atoms with van der Waals surface area (Å²) >= 11 is 1.60. The number of thiophene rings is 1. The third-order valence-electron chi connectivity index (χ3n) is 2.74. The number of benzene rings is 1. The van der Waals surface area contributed by atoms with Crippen LogP contribution in [0.25, 0.3) is 0 Å². The van der Waals surface area contributed by atoms with E-state index in [4.69, 9.17) is 0 Å². The molecular formula is C15H17NO2S2. The number of hydrogen-bond donors (Lipinski definition) is 1. The molecule has 0 saturated heterocycles. The minimum Gasteiger partial charge on any atom is -0.350 e. The lowest BCUT2D eigenvalue weighted by molar-refractivity contribution is -0.118. The van der Waals surface area contributed by atoms with Crippen LogP contribution in [0.3, 0.4) is 0 Å². The van der Waals surface area contributed by atoms with Gasteiger partial charge in [0.25, 0.3) is 0 Å². The average molecular weight is 307 g/mol. The zero-order valence-corrected chi connectivity index (χ0v) is 12.9. The van der Waals surface area contributed by atoms with Crippen molar-refractivity contribution in [2.24, 2.45) is 0 Å². The first kappa shape index (κ1) is 14.9. The molecule has 2 aromatic rings. The van der Waals surface area contributed by atoms with Crippen molar-refractivity contribution in [3.05, 3.63) is 57.8 Å². The highest BCUT2D eigenvalue weighted by atomic mass is 32.2. The van der Waals surface area contributed by atoms with E-state index in [-0.39, 0.29) is 11.7 Å². The summed E-state index contributed by atoms with van der Waals surface area (Å²) in [6, 6.07) is 11.8. The maximum atomic E-state index is 11.9. The first-order valence-corrected chi connectivity index (χ1v) is 8.70. The molecule has 1 atom stereocenters. The van der Waals surface area contributed by atoms with Gasteiger partial charge in [-0.3, -0.25) is 9.00 Å². The van der Waals surface area contributed by atoms with E-state index in [1.54, 1.807) is 11.3 Å². The van der Waals surface area contributed by atoms with Crippen molar-refractivity contribution < 1.29 is 9.00 Å². The molecule has 3 nitrogen and oxygen atoms in total. The first-order valence-electron chi connectivity index (χ1n) is 6.33. The Balaban J connectivity index is 1.77. The minimum absolute atomic E-state index is 0.0549. The fourth-order valence-electron chi connectivity index (χ4n) is 1.83. The number of carbonyl (C=O) groups is 1. The van der Waals surface area contributed by atoms with Gasteiger partial charge in [0.2, 0.25) is 5.91 Å². The largest absolute Gasteiger partial charge is 0.350 e. The Morgan fingerprint density at radius 3 is 2.85 bits per heavy atom. The Bertz CT molecular complexity index is 594. The quantitative estimate of drug-likeness (QED) is 0.892. The van der Waals surface area contributed by atoms with Crippen LogP contribution in [0.2, 0.25) is 0 Å². The van der Waals surface area contributed by atoms with Crippen LogP contribution in [0.15, 0.2) is 41.8 Å². The van der Waals surface area contributed by atoms with Crippen molar-refractivity contribution in [1.29, 1.82) is 0 Å². The van der Waals surface area contributed by atoms with Crippen LogP contribution in [-0.4, -0.2) is 15.9 Å². The number of nitrogens with one attached hydrogen (secondary N) is 1. The van der Waals surface area contributed by atoms with Gasteiger partial charge in [-0.1, -0.05) is 35.9 Å². The maximum absolute atomic E-state index is 11.9. The molecule has 0 radical (unpaired) electrons. The number of amides is 1. The molecule has 2 rings (SSSR count). The lowest BCUT2D eigenvalue weighted by Crippen LogP contribution is -2.27. The molecule has 1 aromatic carbocycles. The topological polar surface area (TPSA) is 46.2 Å². The Labute approximate surface area is 125 Å². The molecule has 0 spiro atoms. The second-order valence-electron chi connectivity index (χ2n) is 4.57. The molecule has 0 aliphatic heterocycles. The molecule has 1 amide bonds. The Hall–Kier alpha value is -1.46. The normalized spacial score (nSPS) is 12.1. The molecule has 1 aromatic heterocycles. The summed E-state index contributed by atoms with van der Waals surface area (Å²) < 4.78 is 11.9. The van der Waals surface area contributed by atoms with Crippen LogP contribution < -0.4 is 5.32 Å². The second kappa shape index (κ2) is 7.36. The molecule has 0 fully saturated rings. The van der Waals surface area contributed by atoms with E-state index in [9.17, 15) is 9.00 Å². The van der Waals surface area contributed by atoms with Gasteiger partial charge in [-0.2, -0.15) is 0 Å². The summed E-state index contributed by atoms with van der Waals surface area (Å²) in [7, 11) is -1.17. The van der Waals surface area contributed by atoms with Gasteiger partial charge in [-0.25, -0.2) is 0 Å². The van der Waals surface area contributed by atoms with Crippen molar-refractivity contribution in [3.8, 4) is 0 Å². The molecule has 1 unspecified atom stereocenters. The zero-order chi connectivity index (χ0) is 14.4. The lowest BCUT2D eigenvalue weighted by atomic mass is 10.2. The van der Waals surface area contributed by atoms with Gasteiger partial charge in [-0.15, -0.1) is 11.3 Å². The summed E-state index contributed by atoms with van der Waals surface area (Å²) in [6.07, 6.45) is 0. The highest BCUT2D eigenvalue weighted by molar-refractivity contribution is 7.84. The van der Waals surface area contributed by atoms with Crippen molar-refractivity contribution in [1.82, 2.24) is 5.32 Å². The molecule has 1 heterocycles. The average Bonchev–Trinajstić information content (AvgIpc) is 2.89. The van der Waals surface area contributed by atoms with Gasteiger partial charge in [0, 0.05) is 21.4 Å². The van der Waals surface area contributed by atoms with Crippen LogP contribution in [-0.2, 0) is 27.9 Å². The predicted molar refractivity (Wildman–Crippen MR) is 84.1 cm³/mol. The van der Waals surface area contributed by atoms with E-state index in [1.165, 1.54) is 0 Å². The molecule has 0 aliphatic rings. The lowest BCUT2D eigenvalue weighted by Gasteiger charge is -2.05. The van der Waals surface area contributed by atoms with Gasteiger partial charge in [0.15, 0.2) is 0 Å². The third kappa shape index (κ3) is 4.90. The Morgan fingerprint density at radius 2 is 2.15 bits per heavy atom. The van der Waals surface area contributed by atoms with Crippen LogP contribution >= 0.6 is 11.3 Å². The summed E-state index contributed by atoms with van der Waals surface area (Å²) in [5.74, 6) is 0.317. The monoisotopic (exact) mass is 307 g/mol. The number of rotatable bonds is 6. The Morgan fingerprint density at radius 1 is 1.30 bits per heavy atom. The number of hydrogen-bond acceptors (Lipinski definition) is 3. The molecule has 0 bridgehead atoms. The van der Waals surface area contributed by atoms with Crippen LogP contribution in [0, 0.1) is 6.92 Å². The van der Waals surface area contributed by atoms with E-state index in [2.05, 4.69) is 5.32 Å². The fraction of sp³-hybridized carbons (Fsp3) is 0.267. The van der Waals surface area contributed by atoms with E-state index in [0.717, 1.165) is 16.0 Å². The van der Waals surface area contributed by atoms with Crippen molar-refractivity contribution >= 4 is 28.0 Å². The van der Waals surface area contributed by atoms with Crippen molar-refractivity contribution in [2.45, 2.75) is 19.2 Å². The van der Waals surface area contributed by atoms with Crippen molar-refractivity contribution in [3.63, 3.8) is 0 Å². The minimum atomic E-state index is -1.17. The molecule has 0 saturated carbocycles. The first-order chi connectivity index (χ1) is 9.63. The highest BCUT2D eigenvalue weighted by Crippen LogP contribution is 2.08.